The Hall–Kier alpha value is -2.63. The van der Waals surface area contributed by atoms with Crippen molar-refractivity contribution in [2.45, 2.75) is 39.7 Å². The number of ether oxygens (including phenoxy) is 1. The summed E-state index contributed by atoms with van der Waals surface area (Å²) >= 11 is 0. The first kappa shape index (κ1) is 17.7. The van der Waals surface area contributed by atoms with E-state index >= 15 is 0 Å². The predicted molar refractivity (Wildman–Crippen MR) is 89.8 cm³/mol. The van der Waals surface area contributed by atoms with Gasteiger partial charge in [-0.15, -0.1) is 0 Å². The van der Waals surface area contributed by atoms with E-state index in [9.17, 15) is 9.59 Å². The van der Waals surface area contributed by atoms with E-state index in [1.165, 1.54) is 0 Å². The van der Waals surface area contributed by atoms with Crippen molar-refractivity contribution in [3.05, 3.63) is 35.7 Å². The van der Waals surface area contributed by atoms with Crippen LogP contribution in [0, 0.1) is 6.92 Å². The van der Waals surface area contributed by atoms with E-state index in [1.54, 1.807) is 14.0 Å². The molecule has 1 N–H and O–H groups in total. The number of aromatic nitrogens is 1. The van der Waals surface area contributed by atoms with Crippen molar-refractivity contribution in [1.82, 2.24) is 10.3 Å². The number of oxazole rings is 1. The molecule has 0 aliphatic carbocycles. The monoisotopic (exact) mass is 330 g/mol. The van der Waals surface area contributed by atoms with Gasteiger partial charge < -0.3 is 14.5 Å². The summed E-state index contributed by atoms with van der Waals surface area (Å²) in [5, 5.41) is 2.70. The highest BCUT2D eigenvalue weighted by molar-refractivity contribution is 5.98. The highest BCUT2D eigenvalue weighted by atomic mass is 16.5. The molecule has 1 heterocycles. The van der Waals surface area contributed by atoms with Crippen LogP contribution in [0.1, 0.15) is 31.7 Å². The molecule has 2 rings (SSSR count). The first-order valence-electron chi connectivity index (χ1n) is 7.81. The van der Waals surface area contributed by atoms with E-state index in [1.807, 2.05) is 38.1 Å². The quantitative estimate of drug-likeness (QED) is 0.789. The van der Waals surface area contributed by atoms with E-state index in [0.717, 1.165) is 5.56 Å². The Morgan fingerprint density at radius 1 is 1.33 bits per heavy atom. The number of Topliss-reactive ketones (excluding diaryl/α,β-unsaturated/α-hetero) is 1. The summed E-state index contributed by atoms with van der Waals surface area (Å²) in [5.74, 6) is 1.24. The lowest BCUT2D eigenvalue weighted by molar-refractivity contribution is -0.128. The molecule has 0 bridgehead atoms. The van der Waals surface area contributed by atoms with E-state index < -0.39 is 0 Å². The lowest BCUT2D eigenvalue weighted by Gasteiger charge is -2.06. The van der Waals surface area contributed by atoms with Crippen LogP contribution in [0.25, 0.3) is 11.5 Å². The van der Waals surface area contributed by atoms with Gasteiger partial charge in [-0.2, -0.15) is 0 Å². The fourth-order valence-electron chi connectivity index (χ4n) is 2.27. The Kier molecular flexibility index (Phi) is 5.73. The maximum atomic E-state index is 12.0. The second kappa shape index (κ2) is 7.77. The van der Waals surface area contributed by atoms with Gasteiger partial charge in [-0.3, -0.25) is 9.59 Å². The Labute approximate surface area is 141 Å². The van der Waals surface area contributed by atoms with Gasteiger partial charge >= 0.3 is 0 Å². The molecule has 6 nitrogen and oxygen atoms in total. The molecule has 0 aliphatic heterocycles. The minimum atomic E-state index is -0.274. The van der Waals surface area contributed by atoms with Gasteiger partial charge in [-0.05, 0) is 39.0 Å². The smallest absolute Gasteiger partial charge is 0.227 e. The van der Waals surface area contributed by atoms with Crippen molar-refractivity contribution in [3.63, 3.8) is 0 Å². The summed E-state index contributed by atoms with van der Waals surface area (Å²) < 4.78 is 10.8. The summed E-state index contributed by atoms with van der Waals surface area (Å²) in [4.78, 5) is 28.1. The van der Waals surface area contributed by atoms with Gasteiger partial charge in [0.15, 0.2) is 0 Å². The summed E-state index contributed by atoms with van der Waals surface area (Å²) in [6.45, 7) is 5.46. The molecule has 0 unspecified atom stereocenters. The summed E-state index contributed by atoms with van der Waals surface area (Å²) in [7, 11) is 1.59. The first-order chi connectivity index (χ1) is 11.4. The SMILES string of the molecule is COc1cccc(-c2nc(CC(=O)CC(=O)NC(C)C)c(C)o2)c1. The van der Waals surface area contributed by atoms with Gasteiger partial charge in [-0.25, -0.2) is 4.98 Å². The van der Waals surface area contributed by atoms with E-state index in [4.69, 9.17) is 9.15 Å². The molecule has 0 saturated carbocycles. The Balaban J connectivity index is 2.08. The standard InChI is InChI=1S/C18H22N2O4/c1-11(2)19-17(22)10-14(21)9-16-12(3)24-18(20-16)13-6-5-7-15(8-13)23-4/h5-8,11H,9-10H2,1-4H3,(H,19,22). The minimum absolute atomic E-state index is 0.0127. The van der Waals surface area contributed by atoms with Gasteiger partial charge in [0, 0.05) is 11.6 Å². The number of carbonyl (C=O) groups is 2. The van der Waals surface area contributed by atoms with Gasteiger partial charge in [-0.1, -0.05) is 6.07 Å². The number of hydrogen-bond acceptors (Lipinski definition) is 5. The summed E-state index contributed by atoms with van der Waals surface area (Å²) in [6.07, 6.45) is -0.0796. The third kappa shape index (κ3) is 4.68. The Bertz CT molecular complexity index is 734. The molecular weight excluding hydrogens is 308 g/mol. The number of hydrogen-bond donors (Lipinski definition) is 1. The average molecular weight is 330 g/mol. The molecular formula is C18H22N2O4. The van der Waals surface area contributed by atoms with Crippen molar-refractivity contribution >= 4 is 11.7 Å². The van der Waals surface area contributed by atoms with Crippen LogP contribution in [0.3, 0.4) is 0 Å². The topological polar surface area (TPSA) is 81.4 Å². The lowest BCUT2D eigenvalue weighted by atomic mass is 10.1. The molecule has 128 valence electrons. The van der Waals surface area contributed by atoms with Crippen molar-refractivity contribution in [2.75, 3.05) is 7.11 Å². The van der Waals surface area contributed by atoms with Crippen molar-refractivity contribution in [1.29, 1.82) is 0 Å². The molecule has 0 spiro atoms. The minimum Gasteiger partial charge on any atom is -0.497 e. The Morgan fingerprint density at radius 3 is 2.75 bits per heavy atom. The number of nitrogens with one attached hydrogen (secondary N) is 1. The highest BCUT2D eigenvalue weighted by Gasteiger charge is 2.17. The van der Waals surface area contributed by atoms with Gasteiger partial charge in [0.2, 0.25) is 11.8 Å². The summed E-state index contributed by atoms with van der Waals surface area (Å²) in [6, 6.07) is 7.35. The second-order valence-electron chi connectivity index (χ2n) is 5.87. The van der Waals surface area contributed by atoms with Crippen molar-refractivity contribution < 1.29 is 18.7 Å². The van der Waals surface area contributed by atoms with Gasteiger partial charge in [0.25, 0.3) is 0 Å². The fraction of sp³-hybridized carbons (Fsp3) is 0.389. The van der Waals surface area contributed by atoms with Crippen LogP contribution in [0.4, 0.5) is 0 Å². The maximum Gasteiger partial charge on any atom is 0.227 e. The molecule has 0 saturated heterocycles. The zero-order valence-electron chi connectivity index (χ0n) is 14.4. The van der Waals surface area contributed by atoms with Crippen molar-refractivity contribution in [2.24, 2.45) is 0 Å². The molecule has 1 amide bonds. The van der Waals surface area contributed by atoms with E-state index in [-0.39, 0.29) is 30.6 Å². The van der Waals surface area contributed by atoms with E-state index in [0.29, 0.717) is 23.1 Å². The van der Waals surface area contributed by atoms with Crippen LogP contribution in [-0.2, 0) is 16.0 Å². The molecule has 24 heavy (non-hydrogen) atoms. The number of amides is 1. The maximum absolute atomic E-state index is 12.0. The zero-order chi connectivity index (χ0) is 17.7. The second-order valence-corrected chi connectivity index (χ2v) is 5.87. The lowest BCUT2D eigenvalue weighted by Crippen LogP contribution is -2.32. The number of methoxy groups -OCH3 is 1. The van der Waals surface area contributed by atoms with Crippen LogP contribution in [0.5, 0.6) is 5.75 Å². The largest absolute Gasteiger partial charge is 0.497 e. The van der Waals surface area contributed by atoms with Crippen LogP contribution in [0.2, 0.25) is 0 Å². The molecule has 6 heteroatoms. The zero-order valence-corrected chi connectivity index (χ0v) is 14.4. The number of ketones is 1. The van der Waals surface area contributed by atoms with Gasteiger partial charge in [0.1, 0.15) is 17.3 Å². The molecule has 0 atom stereocenters. The number of aryl methyl sites for hydroxylation is 1. The molecule has 0 aliphatic rings. The number of benzene rings is 1. The molecule has 2 aromatic rings. The Morgan fingerprint density at radius 2 is 2.08 bits per heavy atom. The van der Waals surface area contributed by atoms with Crippen LogP contribution < -0.4 is 10.1 Å². The fourth-order valence-corrected chi connectivity index (χ4v) is 2.27. The van der Waals surface area contributed by atoms with Crippen LogP contribution in [0.15, 0.2) is 28.7 Å². The molecule has 1 aromatic heterocycles. The normalized spacial score (nSPS) is 10.7. The van der Waals surface area contributed by atoms with Crippen molar-refractivity contribution in [3.8, 4) is 17.2 Å². The third-order valence-electron chi connectivity index (χ3n) is 3.38. The predicted octanol–water partition coefficient (Wildman–Crippen LogP) is 2.68. The molecule has 0 fully saturated rings. The summed E-state index contributed by atoms with van der Waals surface area (Å²) in [5.41, 5.74) is 1.32. The number of nitrogens with zero attached hydrogens (tertiary/aromatic N) is 1. The number of rotatable bonds is 7. The number of carbonyl (C=O) groups excluding carboxylic acids is 2. The first-order valence-corrected chi connectivity index (χ1v) is 7.81. The van der Waals surface area contributed by atoms with Gasteiger partial charge in [0.05, 0.1) is 25.6 Å². The molecule has 0 radical (unpaired) electrons. The molecule has 1 aromatic carbocycles. The average Bonchev–Trinajstić information content (AvgIpc) is 2.87. The third-order valence-corrected chi connectivity index (χ3v) is 3.38. The van der Waals surface area contributed by atoms with Crippen LogP contribution >= 0.6 is 0 Å². The van der Waals surface area contributed by atoms with E-state index in [2.05, 4.69) is 10.3 Å². The highest BCUT2D eigenvalue weighted by Crippen LogP contribution is 2.25. The van der Waals surface area contributed by atoms with Crippen LogP contribution in [-0.4, -0.2) is 29.8 Å².